The average Bonchev–Trinajstić information content (AvgIpc) is 2.62. The zero-order chi connectivity index (χ0) is 14.8. The van der Waals surface area contributed by atoms with Gasteiger partial charge in [0.05, 0.1) is 17.2 Å². The number of piperidine rings is 1. The number of anilines is 1. The van der Waals surface area contributed by atoms with Gasteiger partial charge in [-0.05, 0) is 25.0 Å². The Morgan fingerprint density at radius 2 is 1.68 bits per heavy atom. The molecule has 0 atom stereocenters. The molecule has 0 unspecified atom stereocenters. The molecule has 2 aliphatic rings. The molecule has 3 heterocycles. The first kappa shape index (κ1) is 14.3. The summed E-state index contributed by atoms with van der Waals surface area (Å²) >= 11 is 2.09. The zero-order valence-electron chi connectivity index (χ0n) is 12.8. The first-order valence-electron chi connectivity index (χ1n) is 8.19. The van der Waals surface area contributed by atoms with Crippen LogP contribution >= 0.6 is 11.8 Å². The van der Waals surface area contributed by atoms with E-state index in [2.05, 4.69) is 26.5 Å². The molecule has 0 amide bonds. The normalized spacial score (nSPS) is 21.4. The minimum Gasteiger partial charge on any atom is -0.355 e. The Balaban J connectivity index is 1.43. The van der Waals surface area contributed by atoms with Crippen LogP contribution in [0.3, 0.4) is 0 Å². The molecule has 0 N–H and O–H groups in total. The van der Waals surface area contributed by atoms with Gasteiger partial charge in [0, 0.05) is 43.7 Å². The van der Waals surface area contributed by atoms with Crippen LogP contribution in [0, 0.1) is 0 Å². The lowest BCUT2D eigenvalue weighted by atomic mass is 10.0. The summed E-state index contributed by atoms with van der Waals surface area (Å²) in [5.41, 5.74) is 1.97. The number of benzene rings is 1. The van der Waals surface area contributed by atoms with Crippen LogP contribution in [0.4, 0.5) is 5.82 Å². The lowest BCUT2D eigenvalue weighted by Gasteiger charge is -2.40. The number of rotatable bonds is 2. The van der Waals surface area contributed by atoms with Crippen molar-refractivity contribution < 1.29 is 0 Å². The minimum absolute atomic E-state index is 0.769. The van der Waals surface area contributed by atoms with Gasteiger partial charge in [-0.15, -0.1) is 0 Å². The quantitative estimate of drug-likeness (QED) is 0.851. The van der Waals surface area contributed by atoms with E-state index in [1.165, 1.54) is 37.4 Å². The highest BCUT2D eigenvalue weighted by Crippen LogP contribution is 2.24. The van der Waals surface area contributed by atoms with E-state index in [4.69, 9.17) is 4.98 Å². The number of nitrogens with zero attached hydrogens (tertiary/aromatic N) is 4. The molecule has 116 valence electrons. The Bertz CT molecular complexity index is 633. The molecule has 0 spiro atoms. The van der Waals surface area contributed by atoms with Gasteiger partial charge in [0.1, 0.15) is 5.82 Å². The molecule has 0 saturated carbocycles. The first-order chi connectivity index (χ1) is 10.9. The summed E-state index contributed by atoms with van der Waals surface area (Å²) in [6, 6.07) is 8.88. The van der Waals surface area contributed by atoms with Gasteiger partial charge in [0.2, 0.25) is 0 Å². The number of hydrogen-bond donors (Lipinski definition) is 0. The second-order valence-corrected chi connectivity index (χ2v) is 7.31. The van der Waals surface area contributed by atoms with E-state index in [0.29, 0.717) is 0 Å². The lowest BCUT2D eigenvalue weighted by molar-refractivity contribution is 0.185. The van der Waals surface area contributed by atoms with Crippen LogP contribution < -0.4 is 4.90 Å². The van der Waals surface area contributed by atoms with Crippen LogP contribution in [0.25, 0.3) is 11.0 Å². The van der Waals surface area contributed by atoms with Crippen molar-refractivity contribution in [2.24, 2.45) is 0 Å². The summed E-state index contributed by atoms with van der Waals surface area (Å²) in [6.45, 7) is 4.74. The van der Waals surface area contributed by atoms with Crippen molar-refractivity contribution in [1.29, 1.82) is 0 Å². The molecule has 2 aromatic rings. The maximum atomic E-state index is 4.78. The molecule has 0 radical (unpaired) electrons. The van der Waals surface area contributed by atoms with Crippen LogP contribution in [0.2, 0.25) is 0 Å². The summed E-state index contributed by atoms with van der Waals surface area (Å²) < 4.78 is 0. The second-order valence-electron chi connectivity index (χ2n) is 6.08. The van der Waals surface area contributed by atoms with Crippen molar-refractivity contribution in [3.05, 3.63) is 30.5 Å². The summed E-state index contributed by atoms with van der Waals surface area (Å²) in [5, 5.41) is 0. The molecule has 5 heteroatoms. The highest BCUT2D eigenvalue weighted by molar-refractivity contribution is 7.99. The summed E-state index contributed by atoms with van der Waals surface area (Å²) in [4.78, 5) is 14.4. The van der Waals surface area contributed by atoms with Crippen molar-refractivity contribution in [2.45, 2.75) is 18.9 Å². The fourth-order valence-corrected chi connectivity index (χ4v) is 4.43. The van der Waals surface area contributed by atoms with Gasteiger partial charge >= 0.3 is 0 Å². The molecule has 22 heavy (non-hydrogen) atoms. The van der Waals surface area contributed by atoms with Crippen molar-refractivity contribution in [2.75, 3.05) is 42.6 Å². The minimum atomic E-state index is 0.769. The van der Waals surface area contributed by atoms with E-state index in [-0.39, 0.29) is 0 Å². The van der Waals surface area contributed by atoms with Gasteiger partial charge in [-0.25, -0.2) is 4.98 Å². The predicted octanol–water partition coefficient (Wildman–Crippen LogP) is 2.65. The van der Waals surface area contributed by atoms with Gasteiger partial charge < -0.3 is 4.90 Å². The highest BCUT2D eigenvalue weighted by Gasteiger charge is 2.26. The topological polar surface area (TPSA) is 32.3 Å². The predicted molar refractivity (Wildman–Crippen MR) is 93.7 cm³/mol. The molecule has 2 fully saturated rings. The fraction of sp³-hybridized carbons (Fsp3) is 0.529. The third-order valence-electron chi connectivity index (χ3n) is 4.79. The molecule has 4 nitrogen and oxygen atoms in total. The van der Waals surface area contributed by atoms with E-state index in [9.17, 15) is 0 Å². The first-order valence-corrected chi connectivity index (χ1v) is 9.34. The van der Waals surface area contributed by atoms with Crippen molar-refractivity contribution in [3.63, 3.8) is 0 Å². The SMILES string of the molecule is c1ccc2nc(N3CCC(N4CCSCC4)CC3)cnc2c1. The molecule has 4 rings (SSSR count). The molecule has 0 bridgehead atoms. The van der Waals surface area contributed by atoms with Gasteiger partial charge in [-0.1, -0.05) is 12.1 Å². The Hall–Kier alpha value is -1.33. The number of hydrogen-bond acceptors (Lipinski definition) is 5. The summed E-state index contributed by atoms with van der Waals surface area (Å²) in [6.07, 6.45) is 4.43. The van der Waals surface area contributed by atoms with Crippen molar-refractivity contribution >= 4 is 28.6 Å². The van der Waals surface area contributed by atoms with Gasteiger partial charge in [0.25, 0.3) is 0 Å². The van der Waals surface area contributed by atoms with Gasteiger partial charge in [-0.2, -0.15) is 11.8 Å². The number of aromatic nitrogens is 2. The Morgan fingerprint density at radius 1 is 0.955 bits per heavy atom. The van der Waals surface area contributed by atoms with Crippen LogP contribution in [-0.2, 0) is 0 Å². The van der Waals surface area contributed by atoms with Crippen molar-refractivity contribution in [3.8, 4) is 0 Å². The van der Waals surface area contributed by atoms with E-state index < -0.39 is 0 Å². The summed E-state index contributed by atoms with van der Waals surface area (Å²) in [5.74, 6) is 3.64. The smallest absolute Gasteiger partial charge is 0.147 e. The van der Waals surface area contributed by atoms with E-state index in [1.54, 1.807) is 0 Å². The molecule has 2 aliphatic heterocycles. The Kier molecular flexibility index (Phi) is 4.17. The van der Waals surface area contributed by atoms with Gasteiger partial charge in [0.15, 0.2) is 0 Å². The molecule has 1 aromatic heterocycles. The molecule has 2 saturated heterocycles. The molecular weight excluding hydrogens is 292 g/mol. The number of para-hydroxylation sites is 2. The molecule has 1 aromatic carbocycles. The monoisotopic (exact) mass is 314 g/mol. The van der Waals surface area contributed by atoms with E-state index in [1.807, 2.05) is 30.5 Å². The zero-order valence-corrected chi connectivity index (χ0v) is 13.6. The molecule has 0 aliphatic carbocycles. The average molecular weight is 314 g/mol. The van der Waals surface area contributed by atoms with Crippen LogP contribution in [0.15, 0.2) is 30.5 Å². The van der Waals surface area contributed by atoms with Crippen molar-refractivity contribution in [1.82, 2.24) is 14.9 Å². The fourth-order valence-electron chi connectivity index (χ4n) is 3.50. The highest BCUT2D eigenvalue weighted by atomic mass is 32.2. The third-order valence-corrected chi connectivity index (χ3v) is 5.73. The Morgan fingerprint density at radius 3 is 2.45 bits per heavy atom. The largest absolute Gasteiger partial charge is 0.355 e. The van der Waals surface area contributed by atoms with E-state index in [0.717, 1.165) is 36.0 Å². The maximum Gasteiger partial charge on any atom is 0.147 e. The van der Waals surface area contributed by atoms with Crippen LogP contribution in [0.5, 0.6) is 0 Å². The maximum absolute atomic E-state index is 4.78. The van der Waals surface area contributed by atoms with Gasteiger partial charge in [-0.3, -0.25) is 9.88 Å². The summed E-state index contributed by atoms with van der Waals surface area (Å²) in [7, 11) is 0. The standard InChI is InChI=1S/C17H22N4S/c1-2-4-16-15(3-1)18-13-17(19-16)21-7-5-14(6-8-21)20-9-11-22-12-10-20/h1-4,13-14H,5-12H2. The Labute approximate surface area is 135 Å². The third kappa shape index (κ3) is 2.92. The lowest BCUT2D eigenvalue weighted by Crippen LogP contribution is -2.48. The number of fused-ring (bicyclic) bond motifs is 1. The number of thioether (sulfide) groups is 1. The molecular formula is C17H22N4S. The van der Waals surface area contributed by atoms with Crippen LogP contribution in [0.1, 0.15) is 12.8 Å². The van der Waals surface area contributed by atoms with E-state index >= 15 is 0 Å². The van der Waals surface area contributed by atoms with Crippen LogP contribution in [-0.4, -0.2) is 58.6 Å². The second kappa shape index (κ2) is 6.42.